The van der Waals surface area contributed by atoms with E-state index in [0.29, 0.717) is 5.92 Å². The second kappa shape index (κ2) is 7.38. The van der Waals surface area contributed by atoms with Crippen molar-refractivity contribution in [3.63, 3.8) is 0 Å². The molecule has 2 aliphatic rings. The summed E-state index contributed by atoms with van der Waals surface area (Å²) in [5.41, 5.74) is 5.51. The van der Waals surface area contributed by atoms with Gasteiger partial charge in [0.25, 0.3) is 0 Å². The van der Waals surface area contributed by atoms with Crippen molar-refractivity contribution in [2.45, 2.75) is 38.4 Å². The van der Waals surface area contributed by atoms with Gasteiger partial charge in [-0.25, -0.2) is 0 Å². The molecule has 0 saturated carbocycles. The minimum Gasteiger partial charge on any atom is -0.418 e. The Hall–Kier alpha value is -0.500. The van der Waals surface area contributed by atoms with Crippen LogP contribution in [0.15, 0.2) is 47.6 Å². The van der Waals surface area contributed by atoms with Gasteiger partial charge in [0.1, 0.15) is 0 Å². The normalized spacial score (nSPS) is 19.5. The van der Waals surface area contributed by atoms with Crippen LogP contribution in [-0.2, 0) is 30.6 Å². The van der Waals surface area contributed by atoms with E-state index in [1.54, 1.807) is 0 Å². The summed E-state index contributed by atoms with van der Waals surface area (Å²) in [7, 11) is -1.43. The molecule has 0 bridgehead atoms. The van der Waals surface area contributed by atoms with Crippen LogP contribution in [-0.4, -0.2) is 14.9 Å². The number of benzene rings is 1. The van der Waals surface area contributed by atoms with Gasteiger partial charge in [-0.3, -0.25) is 0 Å². The molecule has 1 nitrogen and oxygen atoms in total. The van der Waals surface area contributed by atoms with Crippen molar-refractivity contribution >= 4 is 14.4 Å². The first-order chi connectivity index (χ1) is 10.0. The average Bonchev–Trinajstić information content (AvgIpc) is 3.04. The van der Waals surface area contributed by atoms with Gasteiger partial charge in [-0.05, 0) is 43.1 Å². The summed E-state index contributed by atoms with van der Waals surface area (Å²) in [6.45, 7) is 7.61. The summed E-state index contributed by atoms with van der Waals surface area (Å²) in [6, 6.07) is 8.74. The van der Waals surface area contributed by atoms with Gasteiger partial charge in [-0.15, -0.1) is 17.7 Å². The zero-order valence-corrected chi connectivity index (χ0v) is 17.1. The summed E-state index contributed by atoms with van der Waals surface area (Å²) < 4.78 is 6.08. The van der Waals surface area contributed by atoms with Crippen molar-refractivity contribution < 1.29 is 30.6 Å². The number of hydrogen-bond acceptors (Lipinski definition) is 1. The van der Waals surface area contributed by atoms with Crippen molar-refractivity contribution in [1.82, 2.24) is 0 Å². The van der Waals surface area contributed by atoms with Crippen LogP contribution in [0.4, 0.5) is 0 Å². The number of hydrogen-bond donors (Lipinski definition) is 0. The minimum atomic E-state index is -1.43. The van der Waals surface area contributed by atoms with E-state index in [0.717, 1.165) is 19.4 Å². The van der Waals surface area contributed by atoms with Crippen molar-refractivity contribution in [2.75, 3.05) is 6.61 Å². The van der Waals surface area contributed by atoms with E-state index in [4.69, 9.17) is 4.43 Å². The third kappa shape index (κ3) is 4.07. The number of rotatable bonds is 5. The molecule has 0 spiro atoms. The molecule has 2 aliphatic carbocycles. The van der Waals surface area contributed by atoms with E-state index in [2.05, 4.69) is 68.2 Å². The van der Waals surface area contributed by atoms with Crippen LogP contribution >= 0.6 is 0 Å². The minimum absolute atomic E-state index is 0. The fourth-order valence-electron chi connectivity index (χ4n) is 3.06. The van der Waals surface area contributed by atoms with Gasteiger partial charge in [0.15, 0.2) is 8.32 Å². The van der Waals surface area contributed by atoms with Crippen molar-refractivity contribution in [3.8, 4) is 0 Å². The Morgan fingerprint density at radius 3 is 2.68 bits per heavy atom. The topological polar surface area (TPSA) is 9.23 Å². The third-order valence-electron chi connectivity index (χ3n) is 4.01. The predicted octanol–water partition coefficient (Wildman–Crippen LogP) is 5.10. The fraction of sp³-hybridized carbons (Fsp3) is 0.368. The first-order valence-electron chi connectivity index (χ1n) is 7.77. The molecule has 22 heavy (non-hydrogen) atoms. The van der Waals surface area contributed by atoms with E-state index in [1.165, 1.54) is 22.3 Å². The molecule has 1 aromatic carbocycles. The van der Waals surface area contributed by atoms with Gasteiger partial charge >= 0.3 is 0 Å². The Balaban J connectivity index is 0.00000176. The quantitative estimate of drug-likeness (QED) is 0.505. The molecule has 0 aromatic heterocycles. The van der Waals surface area contributed by atoms with Crippen LogP contribution in [0, 0.1) is 6.08 Å². The molecule has 114 valence electrons. The molecule has 0 N–H and O–H groups in total. The van der Waals surface area contributed by atoms with E-state index in [1.807, 2.05) is 0 Å². The van der Waals surface area contributed by atoms with Gasteiger partial charge < -0.3 is 4.43 Å². The SMILES string of the molecule is C[Si](C)(C)OCCC1C(C2=[C-]CC=C2)=Cc2ccccc21.[Zr]. The Kier molecular flexibility index (Phi) is 5.99. The molecular weight excluding hydrogens is 364 g/mol. The number of fused-ring (bicyclic) bond motifs is 1. The molecule has 0 aliphatic heterocycles. The molecule has 0 amide bonds. The smallest absolute Gasteiger partial charge is 0.183 e. The maximum absolute atomic E-state index is 6.08. The van der Waals surface area contributed by atoms with Crippen LogP contribution < -0.4 is 0 Å². The van der Waals surface area contributed by atoms with Crippen molar-refractivity contribution in [3.05, 3.63) is 64.8 Å². The maximum Gasteiger partial charge on any atom is 0.183 e. The molecule has 1 atom stereocenters. The van der Waals surface area contributed by atoms with Crippen LogP contribution in [0.25, 0.3) is 6.08 Å². The zero-order chi connectivity index (χ0) is 14.9. The fourth-order valence-corrected chi connectivity index (χ4v) is 3.79. The Labute approximate surface area is 154 Å². The first kappa shape index (κ1) is 17.8. The molecule has 0 radical (unpaired) electrons. The zero-order valence-electron chi connectivity index (χ0n) is 13.6. The molecule has 1 unspecified atom stereocenters. The van der Waals surface area contributed by atoms with Gasteiger partial charge in [0, 0.05) is 32.8 Å². The third-order valence-corrected chi connectivity index (χ3v) is 5.08. The van der Waals surface area contributed by atoms with E-state index >= 15 is 0 Å². The van der Waals surface area contributed by atoms with Crippen LogP contribution in [0.3, 0.4) is 0 Å². The van der Waals surface area contributed by atoms with Gasteiger partial charge in [0.2, 0.25) is 0 Å². The van der Waals surface area contributed by atoms with Gasteiger partial charge in [0.05, 0.1) is 0 Å². The second-order valence-electron chi connectivity index (χ2n) is 6.73. The van der Waals surface area contributed by atoms with E-state index in [-0.39, 0.29) is 26.2 Å². The van der Waals surface area contributed by atoms with E-state index < -0.39 is 8.32 Å². The molecule has 0 fully saturated rings. The molecule has 3 heteroatoms. The van der Waals surface area contributed by atoms with Crippen molar-refractivity contribution in [2.24, 2.45) is 0 Å². The number of allylic oxidation sites excluding steroid dienone is 5. The molecule has 0 saturated heterocycles. The Bertz CT molecular complexity index is 623. The average molecular weight is 387 g/mol. The second-order valence-corrected chi connectivity index (χ2v) is 11.2. The molecule has 0 heterocycles. The Morgan fingerprint density at radius 1 is 1.23 bits per heavy atom. The first-order valence-corrected chi connectivity index (χ1v) is 11.2. The van der Waals surface area contributed by atoms with Crippen LogP contribution in [0.2, 0.25) is 19.6 Å². The van der Waals surface area contributed by atoms with E-state index in [9.17, 15) is 0 Å². The van der Waals surface area contributed by atoms with Crippen LogP contribution in [0.1, 0.15) is 29.9 Å². The van der Waals surface area contributed by atoms with Gasteiger partial charge in [-0.2, -0.15) is 17.7 Å². The standard InChI is InChI=1S/C19H23OSi.Zr/c1-21(2,3)20-13-12-18-17-11-7-6-10-16(17)14-19(18)15-8-4-5-9-15;/h4,6-8,10-11,14,18H,5,12-13H2,1-3H3;/q-1;. The monoisotopic (exact) mass is 385 g/mol. The summed E-state index contributed by atoms with van der Waals surface area (Å²) in [5.74, 6) is 0.461. The summed E-state index contributed by atoms with van der Waals surface area (Å²) in [5, 5.41) is 0. The molecule has 1 aromatic rings. The molecular formula is C19H23OSiZr-. The van der Waals surface area contributed by atoms with Gasteiger partial charge in [-0.1, -0.05) is 30.7 Å². The summed E-state index contributed by atoms with van der Waals surface area (Å²) in [6.07, 6.45) is 12.2. The Morgan fingerprint density at radius 2 is 2.00 bits per heavy atom. The maximum atomic E-state index is 6.08. The predicted molar refractivity (Wildman–Crippen MR) is 91.6 cm³/mol. The molecule has 3 rings (SSSR count). The summed E-state index contributed by atoms with van der Waals surface area (Å²) >= 11 is 0. The largest absolute Gasteiger partial charge is 0.418 e. The van der Waals surface area contributed by atoms with Crippen LogP contribution in [0.5, 0.6) is 0 Å². The summed E-state index contributed by atoms with van der Waals surface area (Å²) in [4.78, 5) is 0. The van der Waals surface area contributed by atoms with Crippen molar-refractivity contribution in [1.29, 1.82) is 0 Å².